The molecular formula is C20H21BClF7N2O2. The zero-order chi connectivity index (χ0) is 25.6. The predicted octanol–water partition coefficient (Wildman–Crippen LogP) is 6.85. The molecule has 2 rings (SSSR count). The molecule has 1 saturated heterocycles. The maximum Gasteiger partial charge on any atom is 0.497 e. The van der Waals surface area contributed by atoms with Crippen molar-refractivity contribution in [2.75, 3.05) is 5.32 Å². The molecule has 0 radical (unpaired) electrons. The van der Waals surface area contributed by atoms with Gasteiger partial charge in [0.2, 0.25) is 0 Å². The maximum absolute atomic E-state index is 14.4. The third-order valence-corrected chi connectivity index (χ3v) is 5.89. The van der Waals surface area contributed by atoms with Crippen LogP contribution in [0.25, 0.3) is 6.08 Å². The highest BCUT2D eigenvalue weighted by Gasteiger charge is 2.73. The summed E-state index contributed by atoms with van der Waals surface area (Å²) in [5, 5.41) is 9.59. The summed E-state index contributed by atoms with van der Waals surface area (Å²) in [6.45, 7) is 10.4. The average molecular weight is 501 g/mol. The predicted molar refractivity (Wildman–Crippen MR) is 113 cm³/mol. The molecule has 33 heavy (non-hydrogen) atoms. The lowest BCUT2D eigenvalue weighted by Crippen LogP contribution is -2.50. The summed E-state index contributed by atoms with van der Waals surface area (Å²) in [7, 11) is -0.987. The van der Waals surface area contributed by atoms with Crippen molar-refractivity contribution in [3.8, 4) is 0 Å². The summed E-state index contributed by atoms with van der Waals surface area (Å²) >= 11 is 5.94. The van der Waals surface area contributed by atoms with Crippen LogP contribution in [-0.4, -0.2) is 36.9 Å². The van der Waals surface area contributed by atoms with Crippen LogP contribution in [-0.2, 0) is 15.0 Å². The van der Waals surface area contributed by atoms with E-state index < -0.39 is 46.9 Å². The van der Waals surface area contributed by atoms with Gasteiger partial charge in [0.05, 0.1) is 21.9 Å². The van der Waals surface area contributed by atoms with Gasteiger partial charge >= 0.3 is 25.1 Å². The van der Waals surface area contributed by atoms with Gasteiger partial charge in [-0.25, -0.2) is 4.39 Å². The molecule has 182 valence electrons. The van der Waals surface area contributed by atoms with Gasteiger partial charge in [-0.1, -0.05) is 24.3 Å². The SMILES string of the molecule is C=Cc1cc(C(F)(C(F)(F)F)C(F)(F)F)cc(Cl)c1N/C=C(\C=N)B1OC(C)(C)C(C)(C)O1. The summed E-state index contributed by atoms with van der Waals surface area (Å²) < 4.78 is 105. The molecule has 1 aliphatic heterocycles. The molecule has 4 nitrogen and oxygen atoms in total. The van der Waals surface area contributed by atoms with E-state index in [4.69, 9.17) is 26.3 Å². The number of hydrogen-bond acceptors (Lipinski definition) is 4. The molecule has 0 aliphatic carbocycles. The molecule has 2 N–H and O–H groups in total. The Labute approximate surface area is 191 Å². The van der Waals surface area contributed by atoms with Crippen LogP contribution >= 0.6 is 11.6 Å². The van der Waals surface area contributed by atoms with Gasteiger partial charge in [0.25, 0.3) is 0 Å². The molecule has 0 amide bonds. The van der Waals surface area contributed by atoms with E-state index in [0.717, 1.165) is 12.3 Å². The second-order valence-electron chi connectivity index (χ2n) is 8.30. The lowest BCUT2D eigenvalue weighted by molar-refractivity contribution is -0.348. The van der Waals surface area contributed by atoms with Gasteiger partial charge in [-0.05, 0) is 45.4 Å². The van der Waals surface area contributed by atoms with E-state index >= 15 is 0 Å². The fraction of sp³-hybridized carbons (Fsp3) is 0.450. The lowest BCUT2D eigenvalue weighted by Gasteiger charge is -2.32. The van der Waals surface area contributed by atoms with Crippen molar-refractivity contribution >= 4 is 36.7 Å². The summed E-state index contributed by atoms with van der Waals surface area (Å²) in [4.78, 5) is 0. The molecule has 0 spiro atoms. The Morgan fingerprint density at radius 3 is 1.91 bits per heavy atom. The standard InChI is InChI=1S/C20H21BClF7N2O2/c1-6-11-7-12(18(23,19(24,25)26)20(27,28)29)8-14(22)15(11)31-10-13(9-30)21-32-16(2,3)17(4,5)33-21/h6-10,30-31H,1H2,2-5H3/b13-10+,30-9?. The maximum atomic E-state index is 14.4. The highest BCUT2D eigenvalue weighted by molar-refractivity contribution is 6.60. The second kappa shape index (κ2) is 8.63. The lowest BCUT2D eigenvalue weighted by atomic mass is 9.79. The van der Waals surface area contributed by atoms with Gasteiger partial charge in [0.15, 0.2) is 0 Å². The van der Waals surface area contributed by atoms with Crippen LogP contribution in [0.15, 0.2) is 30.4 Å². The smallest absolute Gasteiger partial charge is 0.399 e. The Hall–Kier alpha value is -2.05. The summed E-state index contributed by atoms with van der Waals surface area (Å²) in [5.41, 5.74) is -9.18. The minimum atomic E-state index is -6.29. The number of benzene rings is 1. The molecule has 0 bridgehead atoms. The fourth-order valence-electron chi connectivity index (χ4n) is 2.94. The minimum absolute atomic E-state index is 0.147. The van der Waals surface area contributed by atoms with Gasteiger partial charge < -0.3 is 20.0 Å². The number of hydrogen-bond donors (Lipinski definition) is 2. The number of nitrogens with one attached hydrogen (secondary N) is 2. The molecule has 0 atom stereocenters. The van der Waals surface area contributed by atoms with Crippen LogP contribution in [0.5, 0.6) is 0 Å². The normalized spacial score (nSPS) is 18.9. The molecule has 1 aliphatic rings. The second-order valence-corrected chi connectivity index (χ2v) is 8.71. The molecule has 0 unspecified atom stereocenters. The first kappa shape index (κ1) is 27.2. The van der Waals surface area contributed by atoms with Crippen LogP contribution in [0, 0.1) is 5.41 Å². The molecule has 1 aromatic carbocycles. The summed E-state index contributed by atoms with van der Waals surface area (Å²) in [6, 6.07) is 0.597. The third kappa shape index (κ3) is 4.78. The molecule has 0 aromatic heterocycles. The molecule has 1 heterocycles. The first-order chi connectivity index (χ1) is 14.8. The van der Waals surface area contributed by atoms with E-state index in [1.165, 1.54) is 6.20 Å². The molecule has 1 aromatic rings. The zero-order valence-corrected chi connectivity index (χ0v) is 18.8. The van der Waals surface area contributed by atoms with Gasteiger partial charge in [-0.15, -0.1) is 0 Å². The van der Waals surface area contributed by atoms with Gasteiger partial charge in [-0.3, -0.25) is 0 Å². The Morgan fingerprint density at radius 2 is 1.52 bits per heavy atom. The summed E-state index contributed by atoms with van der Waals surface area (Å²) in [6.07, 6.45) is -9.57. The first-order valence-corrected chi connectivity index (χ1v) is 9.81. The fourth-order valence-corrected chi connectivity index (χ4v) is 3.22. The number of allylic oxidation sites excluding steroid dienone is 1. The largest absolute Gasteiger partial charge is 0.497 e. The quantitative estimate of drug-likeness (QED) is 0.255. The van der Waals surface area contributed by atoms with Crippen molar-refractivity contribution in [1.29, 1.82) is 5.41 Å². The van der Waals surface area contributed by atoms with E-state index in [1.807, 2.05) is 0 Å². The molecule has 13 heteroatoms. The van der Waals surface area contributed by atoms with E-state index in [-0.39, 0.29) is 22.8 Å². The van der Waals surface area contributed by atoms with E-state index in [0.29, 0.717) is 6.07 Å². The number of rotatable bonds is 6. The monoisotopic (exact) mass is 500 g/mol. The van der Waals surface area contributed by atoms with Gasteiger partial charge in [0.1, 0.15) is 0 Å². The third-order valence-electron chi connectivity index (χ3n) is 5.59. The van der Waals surface area contributed by atoms with Crippen LogP contribution in [0.4, 0.5) is 36.4 Å². The topological polar surface area (TPSA) is 54.3 Å². The average Bonchev–Trinajstić information content (AvgIpc) is 2.87. The molecular weight excluding hydrogens is 479 g/mol. The van der Waals surface area contributed by atoms with Crippen molar-refractivity contribution < 1.29 is 40.0 Å². The number of halogens is 8. The highest BCUT2D eigenvalue weighted by atomic mass is 35.5. The Morgan fingerprint density at radius 1 is 1.03 bits per heavy atom. The number of alkyl halides is 7. The van der Waals surface area contributed by atoms with E-state index in [1.54, 1.807) is 27.7 Å². The molecule has 1 fully saturated rings. The van der Waals surface area contributed by atoms with Crippen molar-refractivity contribution in [2.24, 2.45) is 0 Å². The van der Waals surface area contributed by atoms with Crippen LogP contribution < -0.4 is 5.32 Å². The van der Waals surface area contributed by atoms with Crippen molar-refractivity contribution in [3.63, 3.8) is 0 Å². The van der Waals surface area contributed by atoms with Crippen molar-refractivity contribution in [3.05, 3.63) is 46.5 Å². The summed E-state index contributed by atoms with van der Waals surface area (Å²) in [5.74, 6) is 0. The minimum Gasteiger partial charge on any atom is -0.399 e. The Kier molecular flexibility index (Phi) is 7.11. The van der Waals surface area contributed by atoms with Crippen LogP contribution in [0.2, 0.25) is 5.02 Å². The Balaban J connectivity index is 2.50. The van der Waals surface area contributed by atoms with E-state index in [9.17, 15) is 30.7 Å². The first-order valence-electron chi connectivity index (χ1n) is 9.44. The highest BCUT2D eigenvalue weighted by Crippen LogP contribution is 2.54. The van der Waals surface area contributed by atoms with Crippen LogP contribution in [0.1, 0.15) is 38.8 Å². The zero-order valence-electron chi connectivity index (χ0n) is 18.0. The van der Waals surface area contributed by atoms with Crippen LogP contribution in [0.3, 0.4) is 0 Å². The molecule has 0 saturated carbocycles. The Bertz CT molecular complexity index is 944. The van der Waals surface area contributed by atoms with Crippen molar-refractivity contribution in [2.45, 2.75) is 56.9 Å². The number of anilines is 1. The van der Waals surface area contributed by atoms with Gasteiger partial charge in [0, 0.05) is 23.5 Å². The van der Waals surface area contributed by atoms with Crippen molar-refractivity contribution in [1.82, 2.24) is 0 Å². The van der Waals surface area contributed by atoms with Gasteiger partial charge in [-0.2, -0.15) is 26.3 Å². The van der Waals surface area contributed by atoms with E-state index in [2.05, 4.69) is 11.9 Å².